The second-order valence-corrected chi connectivity index (χ2v) is 10.5. The lowest BCUT2D eigenvalue weighted by Crippen LogP contribution is -2.50. The highest BCUT2D eigenvalue weighted by Crippen LogP contribution is 2.29. The molecule has 2 aromatic carbocycles. The summed E-state index contributed by atoms with van der Waals surface area (Å²) in [6, 6.07) is 21.2. The lowest BCUT2D eigenvalue weighted by Gasteiger charge is -2.39. The van der Waals surface area contributed by atoms with E-state index < -0.39 is 0 Å². The Labute approximate surface area is 222 Å². The summed E-state index contributed by atoms with van der Waals surface area (Å²) in [5.74, 6) is 0.0814. The minimum absolute atomic E-state index is 0.0814. The topological polar surface area (TPSA) is 72.0 Å². The highest BCUT2D eigenvalue weighted by molar-refractivity contribution is 7.13. The number of thiazole rings is 1. The van der Waals surface area contributed by atoms with Crippen molar-refractivity contribution >= 4 is 28.4 Å². The molecule has 5 rings (SSSR count). The molecule has 0 spiro atoms. The van der Waals surface area contributed by atoms with Crippen LogP contribution in [0.4, 0.5) is 9.93 Å². The van der Waals surface area contributed by atoms with E-state index in [1.54, 1.807) is 0 Å². The Morgan fingerprint density at radius 2 is 1.41 bits per heavy atom. The molecule has 0 saturated carbocycles. The molecule has 3 amide bonds. The number of carbonyl (C=O) groups is 2. The van der Waals surface area contributed by atoms with Crippen LogP contribution in [-0.4, -0.2) is 95.9 Å². The van der Waals surface area contributed by atoms with Gasteiger partial charge in [-0.1, -0.05) is 60.7 Å². The van der Waals surface area contributed by atoms with Crippen LogP contribution < -0.4 is 5.32 Å². The third kappa shape index (κ3) is 6.36. The Balaban J connectivity index is 1.15. The van der Waals surface area contributed by atoms with Crippen LogP contribution in [0.25, 0.3) is 0 Å². The van der Waals surface area contributed by atoms with Crippen LogP contribution in [0.5, 0.6) is 0 Å². The van der Waals surface area contributed by atoms with Crippen LogP contribution in [0.3, 0.4) is 0 Å². The third-order valence-electron chi connectivity index (χ3n) is 7.15. The molecule has 2 saturated heterocycles. The van der Waals surface area contributed by atoms with Gasteiger partial charge in [0.25, 0.3) is 0 Å². The quantitative estimate of drug-likeness (QED) is 0.542. The molecule has 2 fully saturated rings. The molecule has 2 aliphatic rings. The van der Waals surface area contributed by atoms with Crippen LogP contribution in [0.2, 0.25) is 0 Å². The predicted molar refractivity (Wildman–Crippen MR) is 147 cm³/mol. The van der Waals surface area contributed by atoms with Crippen molar-refractivity contribution in [1.82, 2.24) is 24.6 Å². The molecule has 2 aliphatic heterocycles. The van der Waals surface area contributed by atoms with Gasteiger partial charge in [0.2, 0.25) is 5.91 Å². The molecule has 3 aromatic rings. The summed E-state index contributed by atoms with van der Waals surface area (Å²) in [5, 5.41) is 5.31. The van der Waals surface area contributed by atoms with E-state index in [4.69, 9.17) is 0 Å². The maximum atomic E-state index is 13.1. The first kappa shape index (κ1) is 25.4. The lowest BCUT2D eigenvalue weighted by molar-refractivity contribution is -0.132. The van der Waals surface area contributed by atoms with Crippen LogP contribution in [-0.2, 0) is 11.2 Å². The maximum absolute atomic E-state index is 13.1. The van der Waals surface area contributed by atoms with E-state index in [1.165, 1.54) is 22.5 Å². The van der Waals surface area contributed by atoms with E-state index in [-0.39, 0.29) is 24.4 Å². The summed E-state index contributed by atoms with van der Waals surface area (Å²) in [4.78, 5) is 38.5. The van der Waals surface area contributed by atoms with Crippen LogP contribution in [0, 0.1) is 0 Å². The summed E-state index contributed by atoms with van der Waals surface area (Å²) < 4.78 is 0. The number of nitrogens with zero attached hydrogens (tertiary/aromatic N) is 5. The fourth-order valence-corrected chi connectivity index (χ4v) is 5.71. The van der Waals surface area contributed by atoms with E-state index in [1.807, 2.05) is 27.3 Å². The van der Waals surface area contributed by atoms with Crippen molar-refractivity contribution in [2.75, 3.05) is 64.7 Å². The maximum Gasteiger partial charge on any atom is 0.323 e. The smallest absolute Gasteiger partial charge is 0.323 e. The number of likely N-dealkylation sites (N-methyl/N-ethyl adjacent to an activating group) is 1. The lowest BCUT2D eigenvalue weighted by atomic mass is 9.96. The molecule has 8 nitrogen and oxygen atoms in total. The van der Waals surface area contributed by atoms with Gasteiger partial charge in [0.05, 0.1) is 18.2 Å². The zero-order valence-electron chi connectivity index (χ0n) is 21.3. The number of hydrogen-bond acceptors (Lipinski definition) is 6. The molecule has 0 radical (unpaired) electrons. The summed E-state index contributed by atoms with van der Waals surface area (Å²) in [7, 11) is 2.06. The number of rotatable bonds is 6. The number of piperazine rings is 2. The molecule has 3 heterocycles. The first-order valence-electron chi connectivity index (χ1n) is 12.9. The standard InChI is InChI=1S/C28H34N6O2S/c1-31-12-14-34(15-13-31)28(36)30-27-29-24(21-37-27)20-25(35)32-16-18-33(19-17-32)26(22-8-4-2-5-9-22)23-10-6-3-7-11-23/h2-11,21,26H,12-20H2,1H3,(H,29,30,36). The monoisotopic (exact) mass is 518 g/mol. The second kappa shape index (κ2) is 11.9. The van der Waals surface area contributed by atoms with Gasteiger partial charge in [-0.3, -0.25) is 15.0 Å². The van der Waals surface area contributed by atoms with Gasteiger partial charge >= 0.3 is 6.03 Å². The zero-order valence-corrected chi connectivity index (χ0v) is 22.1. The van der Waals surface area contributed by atoms with Gasteiger partial charge in [0.15, 0.2) is 5.13 Å². The minimum Gasteiger partial charge on any atom is -0.340 e. The normalized spacial score (nSPS) is 17.2. The number of urea groups is 1. The highest BCUT2D eigenvalue weighted by Gasteiger charge is 2.28. The Hall–Kier alpha value is -3.27. The van der Waals surface area contributed by atoms with E-state index in [0.717, 1.165) is 26.2 Å². The van der Waals surface area contributed by atoms with Gasteiger partial charge < -0.3 is 14.7 Å². The molecule has 1 aromatic heterocycles. The Kier molecular flexibility index (Phi) is 8.13. The number of aromatic nitrogens is 1. The first-order chi connectivity index (χ1) is 18.1. The summed E-state index contributed by atoms with van der Waals surface area (Å²) in [6.07, 6.45) is 0.252. The van der Waals surface area contributed by atoms with Gasteiger partial charge in [0.1, 0.15) is 0 Å². The van der Waals surface area contributed by atoms with Gasteiger partial charge in [-0.2, -0.15) is 0 Å². The van der Waals surface area contributed by atoms with Crippen molar-refractivity contribution in [3.63, 3.8) is 0 Å². The average molecular weight is 519 g/mol. The fraction of sp³-hybridized carbons (Fsp3) is 0.393. The molecule has 37 heavy (non-hydrogen) atoms. The largest absolute Gasteiger partial charge is 0.340 e. The fourth-order valence-electron chi connectivity index (χ4n) is 5.01. The SMILES string of the molecule is CN1CCN(C(=O)Nc2nc(CC(=O)N3CCN(C(c4ccccc4)c4ccccc4)CC3)cs2)CC1. The Morgan fingerprint density at radius 3 is 2.00 bits per heavy atom. The summed E-state index contributed by atoms with van der Waals surface area (Å²) >= 11 is 1.37. The molecule has 0 atom stereocenters. The number of hydrogen-bond donors (Lipinski definition) is 1. The highest BCUT2D eigenvalue weighted by atomic mass is 32.1. The van der Waals surface area contributed by atoms with Crippen molar-refractivity contribution in [2.45, 2.75) is 12.5 Å². The molecular formula is C28H34N6O2S. The molecule has 9 heteroatoms. The van der Waals surface area contributed by atoms with Crippen LogP contribution in [0.1, 0.15) is 22.9 Å². The minimum atomic E-state index is -0.122. The predicted octanol–water partition coefficient (Wildman–Crippen LogP) is 3.40. The van der Waals surface area contributed by atoms with Crippen molar-refractivity contribution in [2.24, 2.45) is 0 Å². The molecule has 0 aliphatic carbocycles. The number of benzene rings is 2. The number of amides is 3. The summed E-state index contributed by atoms with van der Waals surface area (Å²) in [6.45, 7) is 6.15. The molecular weight excluding hydrogens is 484 g/mol. The first-order valence-corrected chi connectivity index (χ1v) is 13.8. The molecule has 0 bridgehead atoms. The number of nitrogens with one attached hydrogen (secondary N) is 1. The third-order valence-corrected chi connectivity index (χ3v) is 7.96. The number of anilines is 1. The van der Waals surface area contributed by atoms with E-state index >= 15 is 0 Å². The van der Waals surface area contributed by atoms with Crippen molar-refractivity contribution in [1.29, 1.82) is 0 Å². The Morgan fingerprint density at radius 1 is 0.838 bits per heavy atom. The average Bonchev–Trinajstić information content (AvgIpc) is 3.37. The molecule has 1 N–H and O–H groups in total. The van der Waals surface area contributed by atoms with Crippen LogP contribution in [0.15, 0.2) is 66.0 Å². The second-order valence-electron chi connectivity index (χ2n) is 9.68. The number of carbonyl (C=O) groups excluding carboxylic acids is 2. The zero-order chi connectivity index (χ0) is 25.6. The van der Waals surface area contributed by atoms with Gasteiger partial charge in [-0.05, 0) is 18.2 Å². The van der Waals surface area contributed by atoms with E-state index in [9.17, 15) is 9.59 Å². The van der Waals surface area contributed by atoms with E-state index in [0.29, 0.717) is 37.0 Å². The van der Waals surface area contributed by atoms with E-state index in [2.05, 4.69) is 75.7 Å². The van der Waals surface area contributed by atoms with Crippen molar-refractivity contribution in [3.05, 3.63) is 82.9 Å². The van der Waals surface area contributed by atoms with Gasteiger partial charge in [-0.15, -0.1) is 11.3 Å². The van der Waals surface area contributed by atoms with Crippen molar-refractivity contribution < 1.29 is 9.59 Å². The van der Waals surface area contributed by atoms with Gasteiger partial charge in [-0.25, -0.2) is 9.78 Å². The summed E-state index contributed by atoms with van der Waals surface area (Å²) in [5.41, 5.74) is 3.24. The molecule has 0 unspecified atom stereocenters. The van der Waals surface area contributed by atoms with Crippen LogP contribution >= 0.6 is 11.3 Å². The Bertz CT molecular complexity index is 1130. The molecule has 194 valence electrons. The van der Waals surface area contributed by atoms with Crippen molar-refractivity contribution in [3.8, 4) is 0 Å². The van der Waals surface area contributed by atoms with Gasteiger partial charge in [0, 0.05) is 57.7 Å².